The summed E-state index contributed by atoms with van der Waals surface area (Å²) in [5.41, 5.74) is -0.745. The zero-order valence-electron chi connectivity index (χ0n) is 10.5. The second-order valence-corrected chi connectivity index (χ2v) is 6.06. The van der Waals surface area contributed by atoms with Crippen LogP contribution in [0.4, 0.5) is 4.79 Å². The van der Waals surface area contributed by atoms with Gasteiger partial charge < -0.3 is 9.84 Å². The van der Waals surface area contributed by atoms with Crippen LogP contribution < -0.4 is 0 Å². The SMILES string of the molecule is CC(C)(C)OC(=O)N1CC2(CCC2)C1C(=O)O. The van der Waals surface area contributed by atoms with Gasteiger partial charge in [-0.3, -0.25) is 4.90 Å². The van der Waals surface area contributed by atoms with Crippen LogP contribution in [0.2, 0.25) is 0 Å². The van der Waals surface area contributed by atoms with Crippen LogP contribution in [-0.2, 0) is 9.53 Å². The zero-order valence-corrected chi connectivity index (χ0v) is 10.5. The maximum absolute atomic E-state index is 11.8. The van der Waals surface area contributed by atoms with Gasteiger partial charge in [0, 0.05) is 12.0 Å². The fraction of sp³-hybridized carbons (Fsp3) is 0.833. The molecule has 0 radical (unpaired) electrons. The average molecular weight is 241 g/mol. The third kappa shape index (κ3) is 1.98. The molecular weight excluding hydrogens is 222 g/mol. The number of hydrogen-bond donors (Lipinski definition) is 1. The summed E-state index contributed by atoms with van der Waals surface area (Å²) in [5.74, 6) is -0.915. The second kappa shape index (κ2) is 3.62. The summed E-state index contributed by atoms with van der Waals surface area (Å²) in [7, 11) is 0. The van der Waals surface area contributed by atoms with E-state index in [9.17, 15) is 14.7 Å². The van der Waals surface area contributed by atoms with E-state index in [1.54, 1.807) is 20.8 Å². The minimum atomic E-state index is -0.915. The third-order valence-corrected chi connectivity index (χ3v) is 3.59. The van der Waals surface area contributed by atoms with Gasteiger partial charge >= 0.3 is 12.1 Å². The van der Waals surface area contributed by atoms with Crippen molar-refractivity contribution in [1.82, 2.24) is 4.90 Å². The van der Waals surface area contributed by atoms with Crippen LogP contribution in [0.25, 0.3) is 0 Å². The topological polar surface area (TPSA) is 66.8 Å². The van der Waals surface area contributed by atoms with Gasteiger partial charge in [0.25, 0.3) is 0 Å². The lowest BCUT2D eigenvalue weighted by Gasteiger charge is -2.59. The molecular formula is C12H19NO4. The van der Waals surface area contributed by atoms with Crippen LogP contribution in [0.1, 0.15) is 40.0 Å². The highest BCUT2D eigenvalue weighted by Gasteiger charge is 2.61. The summed E-state index contributed by atoms with van der Waals surface area (Å²) >= 11 is 0. The number of amides is 1. The van der Waals surface area contributed by atoms with Crippen LogP contribution in [0.3, 0.4) is 0 Å². The number of ether oxygens (including phenoxy) is 1. The summed E-state index contributed by atoms with van der Waals surface area (Å²) in [6.45, 7) is 5.86. The lowest BCUT2D eigenvalue weighted by molar-refractivity contribution is -0.174. The zero-order chi connectivity index (χ0) is 12.8. The lowest BCUT2D eigenvalue weighted by atomic mass is 9.58. The Morgan fingerprint density at radius 2 is 1.94 bits per heavy atom. The molecule has 1 heterocycles. The van der Waals surface area contributed by atoms with Crippen LogP contribution >= 0.6 is 0 Å². The highest BCUT2D eigenvalue weighted by atomic mass is 16.6. The fourth-order valence-electron chi connectivity index (χ4n) is 2.68. The molecule has 0 bridgehead atoms. The molecule has 1 aliphatic carbocycles. The maximum Gasteiger partial charge on any atom is 0.411 e. The van der Waals surface area contributed by atoms with Crippen molar-refractivity contribution in [1.29, 1.82) is 0 Å². The number of nitrogens with zero attached hydrogens (tertiary/aromatic N) is 1. The van der Waals surface area contributed by atoms with Crippen molar-refractivity contribution in [2.24, 2.45) is 5.41 Å². The predicted molar refractivity (Wildman–Crippen MR) is 60.6 cm³/mol. The molecule has 5 heteroatoms. The Hall–Kier alpha value is -1.26. The van der Waals surface area contributed by atoms with Gasteiger partial charge in [0.15, 0.2) is 0 Å². The Balaban J connectivity index is 2.03. The Kier molecular flexibility index (Phi) is 2.60. The van der Waals surface area contributed by atoms with Crippen LogP contribution in [-0.4, -0.2) is 40.3 Å². The molecule has 17 heavy (non-hydrogen) atoms. The number of aliphatic carboxylic acids is 1. The minimum Gasteiger partial charge on any atom is -0.480 e. The van der Waals surface area contributed by atoms with Crippen molar-refractivity contribution in [2.45, 2.75) is 51.7 Å². The van der Waals surface area contributed by atoms with Crippen LogP contribution in [0.5, 0.6) is 0 Å². The van der Waals surface area contributed by atoms with Crippen molar-refractivity contribution in [2.75, 3.05) is 6.54 Å². The molecule has 96 valence electrons. The summed E-state index contributed by atoms with van der Waals surface area (Å²) in [5, 5.41) is 9.20. The van der Waals surface area contributed by atoms with Crippen LogP contribution in [0.15, 0.2) is 0 Å². The predicted octanol–water partition coefficient (Wildman–Crippen LogP) is 1.86. The molecule has 2 aliphatic rings. The molecule has 1 unspecified atom stereocenters. The largest absolute Gasteiger partial charge is 0.480 e. The van der Waals surface area contributed by atoms with Gasteiger partial charge in [-0.25, -0.2) is 9.59 Å². The first kappa shape index (κ1) is 12.2. The number of carboxylic acids is 1. The summed E-state index contributed by atoms with van der Waals surface area (Å²) in [4.78, 5) is 24.4. The smallest absolute Gasteiger partial charge is 0.411 e. The third-order valence-electron chi connectivity index (χ3n) is 3.59. The van der Waals surface area contributed by atoms with E-state index < -0.39 is 23.7 Å². The molecule has 2 fully saturated rings. The fourth-order valence-corrected chi connectivity index (χ4v) is 2.68. The lowest BCUT2D eigenvalue weighted by Crippen LogP contribution is -2.72. The molecule has 0 aromatic carbocycles. The van der Waals surface area contributed by atoms with Gasteiger partial charge in [0.05, 0.1) is 0 Å². The highest BCUT2D eigenvalue weighted by molar-refractivity contribution is 5.83. The van der Waals surface area contributed by atoms with E-state index in [-0.39, 0.29) is 5.41 Å². The van der Waals surface area contributed by atoms with Crippen molar-refractivity contribution < 1.29 is 19.4 Å². The number of carbonyl (C=O) groups is 2. The van der Waals surface area contributed by atoms with Gasteiger partial charge in [-0.05, 0) is 33.6 Å². The first-order chi connectivity index (χ1) is 7.75. The molecule has 1 spiro atoms. The van der Waals surface area contributed by atoms with Gasteiger partial charge in [-0.15, -0.1) is 0 Å². The van der Waals surface area contributed by atoms with Crippen molar-refractivity contribution >= 4 is 12.1 Å². The van der Waals surface area contributed by atoms with Crippen molar-refractivity contribution in [3.05, 3.63) is 0 Å². The highest BCUT2D eigenvalue weighted by Crippen LogP contribution is 2.53. The number of carbonyl (C=O) groups excluding carboxylic acids is 1. The summed E-state index contributed by atoms with van der Waals surface area (Å²) in [6, 6.07) is -0.689. The molecule has 1 saturated carbocycles. The molecule has 5 nitrogen and oxygen atoms in total. The van der Waals surface area contributed by atoms with E-state index in [0.717, 1.165) is 19.3 Å². The number of carboxylic acid groups (broad SMARTS) is 1. The Morgan fingerprint density at radius 3 is 2.29 bits per heavy atom. The molecule has 1 amide bonds. The van der Waals surface area contributed by atoms with Gasteiger partial charge in [0.1, 0.15) is 11.6 Å². The number of likely N-dealkylation sites (tertiary alicyclic amines) is 1. The van der Waals surface area contributed by atoms with Gasteiger partial charge in [0.2, 0.25) is 0 Å². The van der Waals surface area contributed by atoms with Crippen molar-refractivity contribution in [3.8, 4) is 0 Å². The summed E-state index contributed by atoms with van der Waals surface area (Å²) < 4.78 is 5.21. The van der Waals surface area contributed by atoms with E-state index in [0.29, 0.717) is 6.54 Å². The number of hydrogen-bond acceptors (Lipinski definition) is 3. The van der Waals surface area contributed by atoms with Gasteiger partial charge in [-0.2, -0.15) is 0 Å². The molecule has 1 N–H and O–H groups in total. The molecule has 1 atom stereocenters. The Bertz CT molecular complexity index is 354. The standard InChI is InChI=1S/C12H19NO4/c1-11(2,3)17-10(16)13-7-12(5-4-6-12)8(13)9(14)15/h8H,4-7H2,1-3H3,(H,14,15). The molecule has 1 aliphatic heterocycles. The quantitative estimate of drug-likeness (QED) is 0.761. The minimum absolute atomic E-state index is 0.164. The van der Waals surface area contributed by atoms with E-state index in [1.807, 2.05) is 0 Å². The summed E-state index contributed by atoms with van der Waals surface area (Å²) in [6.07, 6.45) is 2.36. The van der Waals surface area contributed by atoms with E-state index in [2.05, 4.69) is 0 Å². The number of rotatable bonds is 1. The van der Waals surface area contributed by atoms with Gasteiger partial charge in [-0.1, -0.05) is 6.42 Å². The average Bonchev–Trinajstić information content (AvgIpc) is 1.92. The molecule has 2 rings (SSSR count). The van der Waals surface area contributed by atoms with Crippen LogP contribution in [0, 0.1) is 5.41 Å². The first-order valence-corrected chi connectivity index (χ1v) is 5.98. The second-order valence-electron chi connectivity index (χ2n) is 6.06. The Morgan fingerprint density at radius 1 is 1.35 bits per heavy atom. The van der Waals surface area contributed by atoms with E-state index >= 15 is 0 Å². The Labute approximate surface area is 101 Å². The van der Waals surface area contributed by atoms with E-state index in [4.69, 9.17) is 4.74 Å². The first-order valence-electron chi connectivity index (χ1n) is 5.98. The molecule has 0 aromatic rings. The molecule has 0 aromatic heterocycles. The van der Waals surface area contributed by atoms with E-state index in [1.165, 1.54) is 4.90 Å². The van der Waals surface area contributed by atoms with Crippen molar-refractivity contribution in [3.63, 3.8) is 0 Å². The normalized spacial score (nSPS) is 26.1. The monoisotopic (exact) mass is 241 g/mol. The maximum atomic E-state index is 11.8. The molecule has 1 saturated heterocycles.